The summed E-state index contributed by atoms with van der Waals surface area (Å²) >= 11 is 0. The second-order valence-corrected chi connectivity index (χ2v) is 11.2. The van der Waals surface area contributed by atoms with Crippen LogP contribution >= 0.6 is 0 Å². The Morgan fingerprint density at radius 1 is 1.09 bits per heavy atom. The summed E-state index contributed by atoms with van der Waals surface area (Å²) in [6.07, 6.45) is 8.23. The third kappa shape index (κ3) is 4.75. The molecule has 0 aliphatic carbocycles. The maximum atomic E-state index is 13.0. The molecule has 3 heterocycles. The second kappa shape index (κ2) is 9.15. The van der Waals surface area contributed by atoms with Crippen LogP contribution in [0, 0.1) is 5.92 Å². The van der Waals surface area contributed by atoms with Gasteiger partial charge in [0.15, 0.2) is 0 Å². The molecule has 1 N–H and O–H groups in total. The van der Waals surface area contributed by atoms with E-state index in [2.05, 4.69) is 52.2 Å². The summed E-state index contributed by atoms with van der Waals surface area (Å²) in [4.78, 5) is 0. The Labute approximate surface area is 195 Å². The first kappa shape index (κ1) is 21.9. The van der Waals surface area contributed by atoms with E-state index in [1.165, 1.54) is 10.9 Å². The molecule has 0 radical (unpaired) electrons. The van der Waals surface area contributed by atoms with Crippen LogP contribution in [0.2, 0.25) is 0 Å². The van der Waals surface area contributed by atoms with Gasteiger partial charge in [-0.15, -0.1) is 0 Å². The first-order valence-corrected chi connectivity index (χ1v) is 13.2. The maximum Gasteiger partial charge on any atom is 0.214 e. The van der Waals surface area contributed by atoms with E-state index in [1.807, 2.05) is 42.7 Å². The first-order valence-electron chi connectivity index (χ1n) is 11.6. The van der Waals surface area contributed by atoms with Crippen LogP contribution in [0.25, 0.3) is 22.0 Å². The molecule has 2 atom stereocenters. The first-order chi connectivity index (χ1) is 16.0. The molecule has 4 aromatic rings. The zero-order chi connectivity index (χ0) is 22.8. The molecular formula is C26H30N4O2S. The Kier molecular flexibility index (Phi) is 6.08. The number of benzene rings is 2. The molecule has 7 heteroatoms. The van der Waals surface area contributed by atoms with Crippen LogP contribution in [0.1, 0.15) is 25.3 Å². The zero-order valence-electron chi connectivity index (χ0n) is 18.9. The van der Waals surface area contributed by atoms with Gasteiger partial charge in [0.2, 0.25) is 10.0 Å². The van der Waals surface area contributed by atoms with E-state index in [1.54, 1.807) is 4.31 Å². The molecule has 6 nitrogen and oxygen atoms in total. The van der Waals surface area contributed by atoms with Gasteiger partial charge in [-0.3, -0.25) is 5.10 Å². The van der Waals surface area contributed by atoms with Gasteiger partial charge >= 0.3 is 0 Å². The van der Waals surface area contributed by atoms with Crippen molar-refractivity contribution >= 4 is 20.9 Å². The third-order valence-corrected chi connectivity index (χ3v) is 8.81. The topological polar surface area (TPSA) is 71.0 Å². The lowest BCUT2D eigenvalue weighted by Gasteiger charge is -2.37. The molecule has 1 fully saturated rings. The van der Waals surface area contributed by atoms with Crippen molar-refractivity contribution < 1.29 is 8.42 Å². The van der Waals surface area contributed by atoms with Gasteiger partial charge in [-0.2, -0.15) is 9.40 Å². The predicted octanol–water partition coefficient (Wildman–Crippen LogP) is 4.70. The minimum atomic E-state index is -3.26. The molecule has 0 saturated carbocycles. The maximum absolute atomic E-state index is 13.0. The molecule has 2 aromatic heterocycles. The summed E-state index contributed by atoms with van der Waals surface area (Å²) in [6, 6.07) is 18.5. The zero-order valence-corrected chi connectivity index (χ0v) is 19.7. The van der Waals surface area contributed by atoms with Crippen LogP contribution in [0.15, 0.2) is 73.2 Å². The van der Waals surface area contributed by atoms with Gasteiger partial charge in [-0.1, -0.05) is 36.4 Å². The van der Waals surface area contributed by atoms with Crippen LogP contribution in [0.4, 0.5) is 0 Å². The molecule has 0 bridgehead atoms. The highest BCUT2D eigenvalue weighted by Gasteiger charge is 2.33. The lowest BCUT2D eigenvalue weighted by molar-refractivity contribution is 0.196. The van der Waals surface area contributed by atoms with Crippen LogP contribution in [-0.4, -0.2) is 45.8 Å². The number of aromatic amines is 1. The van der Waals surface area contributed by atoms with E-state index in [4.69, 9.17) is 0 Å². The van der Waals surface area contributed by atoms with Crippen molar-refractivity contribution in [1.29, 1.82) is 0 Å². The lowest BCUT2D eigenvalue weighted by atomic mass is 9.93. The standard InChI is InChI=1S/C26H30N4O2S/c1-20-15-22(9-13-30(20)33(31,32)14-11-21-5-3-2-4-6-21)19-29-12-10-24-16-23(7-8-26(24)29)25-17-27-28-18-25/h2-8,10,12,16-18,20,22H,9,11,13-15,19H2,1H3,(H,27,28). The van der Waals surface area contributed by atoms with E-state index in [-0.39, 0.29) is 11.8 Å². The molecule has 2 aromatic carbocycles. The van der Waals surface area contributed by atoms with Crippen LogP contribution < -0.4 is 0 Å². The Morgan fingerprint density at radius 3 is 2.70 bits per heavy atom. The molecule has 33 heavy (non-hydrogen) atoms. The SMILES string of the molecule is CC1CC(Cn2ccc3cc(-c4cn[nH]c4)ccc32)CCN1S(=O)(=O)CCc1ccccc1. The van der Waals surface area contributed by atoms with Gasteiger partial charge in [-0.25, -0.2) is 8.42 Å². The number of hydrogen-bond acceptors (Lipinski definition) is 3. The molecule has 172 valence electrons. The molecule has 0 spiro atoms. The van der Waals surface area contributed by atoms with E-state index < -0.39 is 10.0 Å². The Balaban J connectivity index is 1.23. The highest BCUT2D eigenvalue weighted by Crippen LogP contribution is 2.30. The van der Waals surface area contributed by atoms with Gasteiger partial charge in [-0.05, 0) is 61.4 Å². The summed E-state index contributed by atoms with van der Waals surface area (Å²) in [7, 11) is -3.26. The Bertz CT molecular complexity index is 1310. The number of nitrogens with one attached hydrogen (secondary N) is 1. The van der Waals surface area contributed by atoms with Gasteiger partial charge in [0, 0.05) is 48.0 Å². The van der Waals surface area contributed by atoms with E-state index >= 15 is 0 Å². The quantitative estimate of drug-likeness (QED) is 0.433. The van der Waals surface area contributed by atoms with Crippen molar-refractivity contribution in [3.63, 3.8) is 0 Å². The fourth-order valence-corrected chi connectivity index (χ4v) is 6.81. The van der Waals surface area contributed by atoms with E-state index in [0.717, 1.165) is 36.1 Å². The molecule has 1 aliphatic heterocycles. The highest BCUT2D eigenvalue weighted by molar-refractivity contribution is 7.89. The number of rotatable bonds is 7. The second-order valence-electron chi connectivity index (χ2n) is 9.13. The molecular weight excluding hydrogens is 432 g/mol. The fourth-order valence-electron chi connectivity index (χ4n) is 5.06. The molecule has 0 amide bonds. The number of piperidine rings is 1. The van der Waals surface area contributed by atoms with Gasteiger partial charge in [0.05, 0.1) is 11.9 Å². The normalized spacial score (nSPS) is 19.8. The van der Waals surface area contributed by atoms with Crippen LogP contribution in [0.5, 0.6) is 0 Å². The number of sulfonamides is 1. The number of hydrogen-bond donors (Lipinski definition) is 1. The average molecular weight is 463 g/mol. The summed E-state index contributed by atoms with van der Waals surface area (Å²) in [6.45, 7) is 3.57. The van der Waals surface area contributed by atoms with Crippen molar-refractivity contribution in [2.45, 2.75) is 38.8 Å². The smallest absolute Gasteiger partial charge is 0.214 e. The number of nitrogens with zero attached hydrogens (tertiary/aromatic N) is 3. The van der Waals surface area contributed by atoms with Crippen molar-refractivity contribution in [2.75, 3.05) is 12.3 Å². The van der Waals surface area contributed by atoms with Crippen molar-refractivity contribution in [3.8, 4) is 11.1 Å². The monoisotopic (exact) mass is 462 g/mol. The Hall–Kier alpha value is -2.90. The van der Waals surface area contributed by atoms with Crippen LogP contribution in [0.3, 0.4) is 0 Å². The Morgan fingerprint density at radius 2 is 1.94 bits per heavy atom. The summed E-state index contributed by atoms with van der Waals surface area (Å²) in [5.74, 6) is 0.637. The van der Waals surface area contributed by atoms with Crippen molar-refractivity contribution in [2.24, 2.45) is 5.92 Å². The van der Waals surface area contributed by atoms with Gasteiger partial charge < -0.3 is 4.57 Å². The highest BCUT2D eigenvalue weighted by atomic mass is 32.2. The number of H-pyrrole nitrogens is 1. The summed E-state index contributed by atoms with van der Waals surface area (Å²) in [5.41, 5.74) is 4.52. The lowest BCUT2D eigenvalue weighted by Crippen LogP contribution is -2.46. The largest absolute Gasteiger partial charge is 0.347 e. The average Bonchev–Trinajstić information content (AvgIpc) is 3.49. The van der Waals surface area contributed by atoms with Crippen molar-refractivity contribution in [1.82, 2.24) is 19.1 Å². The third-order valence-electron chi connectivity index (χ3n) is 6.83. The number of aryl methyl sites for hydroxylation is 1. The van der Waals surface area contributed by atoms with E-state index in [9.17, 15) is 8.42 Å². The summed E-state index contributed by atoms with van der Waals surface area (Å²) in [5, 5.41) is 8.12. The minimum absolute atomic E-state index is 0.0269. The number of fused-ring (bicyclic) bond motifs is 1. The van der Waals surface area contributed by atoms with Crippen LogP contribution in [-0.2, 0) is 23.0 Å². The van der Waals surface area contributed by atoms with Gasteiger partial charge in [0.1, 0.15) is 0 Å². The molecule has 2 unspecified atom stereocenters. The fraction of sp³-hybridized carbons (Fsp3) is 0.346. The van der Waals surface area contributed by atoms with Crippen molar-refractivity contribution in [3.05, 3.63) is 78.8 Å². The van der Waals surface area contributed by atoms with Gasteiger partial charge in [0.25, 0.3) is 0 Å². The number of aromatic nitrogens is 3. The van der Waals surface area contributed by atoms with E-state index in [0.29, 0.717) is 18.9 Å². The minimum Gasteiger partial charge on any atom is -0.347 e. The molecule has 5 rings (SSSR count). The predicted molar refractivity (Wildman–Crippen MR) is 132 cm³/mol. The summed E-state index contributed by atoms with van der Waals surface area (Å²) < 4.78 is 30.1. The molecule has 1 aliphatic rings. The molecule has 1 saturated heterocycles.